The van der Waals surface area contributed by atoms with Crippen LogP contribution in [0.4, 0.5) is 5.69 Å². The number of likely N-dealkylation sites (N-methyl/N-ethyl adjacent to an activating group) is 1. The number of benzene rings is 2. The molecule has 0 N–H and O–H groups in total. The Morgan fingerprint density at radius 1 is 1.10 bits per heavy atom. The van der Waals surface area contributed by atoms with E-state index in [2.05, 4.69) is 35.3 Å². The van der Waals surface area contributed by atoms with Gasteiger partial charge in [0.1, 0.15) is 11.4 Å². The molecule has 5 rings (SSSR count). The maximum absolute atomic E-state index is 13.5. The second-order valence-electron chi connectivity index (χ2n) is 12.9. The molecule has 2 aromatic carbocycles. The highest BCUT2D eigenvalue weighted by molar-refractivity contribution is 6.30. The van der Waals surface area contributed by atoms with Gasteiger partial charge in [0.05, 0.1) is 18.2 Å². The number of carbonyl (C=O) groups is 2. The third-order valence-corrected chi connectivity index (χ3v) is 8.79. The smallest absolute Gasteiger partial charge is 0.314 e. The number of hydrogen-bond acceptors (Lipinski definition) is 5. The van der Waals surface area contributed by atoms with Gasteiger partial charge in [-0.05, 0) is 100 Å². The van der Waals surface area contributed by atoms with E-state index >= 15 is 0 Å². The molecule has 0 unspecified atom stereocenters. The number of nitrogens with zero attached hydrogens (tertiary/aromatic N) is 2. The van der Waals surface area contributed by atoms with Gasteiger partial charge in [0.15, 0.2) is 0 Å². The fourth-order valence-electron chi connectivity index (χ4n) is 6.44. The molecule has 6 nitrogen and oxygen atoms in total. The van der Waals surface area contributed by atoms with Gasteiger partial charge in [0.25, 0.3) is 0 Å². The Balaban J connectivity index is 1.56. The Bertz CT molecular complexity index is 1320. The molecule has 0 radical (unpaired) electrons. The van der Waals surface area contributed by atoms with Crippen LogP contribution in [0.5, 0.6) is 5.75 Å². The fraction of sp³-hybridized carbons (Fsp3) is 0.529. The third-order valence-electron chi connectivity index (χ3n) is 8.55. The van der Waals surface area contributed by atoms with E-state index in [9.17, 15) is 9.59 Å². The minimum absolute atomic E-state index is 0.0525. The minimum Gasteiger partial charge on any atom is -0.490 e. The first kappa shape index (κ1) is 29.5. The Kier molecular flexibility index (Phi) is 8.70. The van der Waals surface area contributed by atoms with Gasteiger partial charge in [-0.1, -0.05) is 35.9 Å². The van der Waals surface area contributed by atoms with Crippen molar-refractivity contribution in [3.63, 3.8) is 0 Å². The molecular formula is C34H43ClN2O4. The topological polar surface area (TPSA) is 59.1 Å². The number of hydrogen-bond donors (Lipinski definition) is 0. The summed E-state index contributed by atoms with van der Waals surface area (Å²) in [7, 11) is 1.79. The van der Waals surface area contributed by atoms with Crippen molar-refractivity contribution in [3.05, 3.63) is 70.3 Å². The van der Waals surface area contributed by atoms with E-state index in [1.165, 1.54) is 11.1 Å². The first-order valence-corrected chi connectivity index (χ1v) is 15.3. The molecule has 220 valence electrons. The van der Waals surface area contributed by atoms with Gasteiger partial charge in [0.2, 0.25) is 5.91 Å². The number of anilines is 1. The summed E-state index contributed by atoms with van der Waals surface area (Å²) in [5.74, 6) is -0.350. The Morgan fingerprint density at radius 2 is 1.93 bits per heavy atom. The molecule has 2 aromatic rings. The van der Waals surface area contributed by atoms with E-state index in [-0.39, 0.29) is 23.7 Å². The molecular weight excluding hydrogens is 536 g/mol. The largest absolute Gasteiger partial charge is 0.490 e. The molecule has 0 aromatic heterocycles. The van der Waals surface area contributed by atoms with E-state index < -0.39 is 11.5 Å². The molecule has 2 atom stereocenters. The van der Waals surface area contributed by atoms with Crippen LogP contribution < -0.4 is 9.64 Å². The van der Waals surface area contributed by atoms with Gasteiger partial charge in [-0.2, -0.15) is 0 Å². The van der Waals surface area contributed by atoms with Crippen LogP contribution in [0.25, 0.3) is 0 Å². The summed E-state index contributed by atoms with van der Waals surface area (Å²) in [5, 5.41) is 0.777. The molecule has 1 amide bonds. The van der Waals surface area contributed by atoms with Gasteiger partial charge in [-0.3, -0.25) is 9.59 Å². The summed E-state index contributed by atoms with van der Waals surface area (Å²) in [6.07, 6.45) is 10.5. The normalized spacial score (nSPS) is 24.4. The van der Waals surface area contributed by atoms with Crippen LogP contribution >= 0.6 is 11.6 Å². The predicted molar refractivity (Wildman–Crippen MR) is 164 cm³/mol. The first-order valence-electron chi connectivity index (χ1n) is 15.0. The molecule has 1 aliphatic carbocycles. The Labute approximate surface area is 249 Å². The zero-order valence-electron chi connectivity index (χ0n) is 24.9. The van der Waals surface area contributed by atoms with E-state index in [1.807, 2.05) is 39.0 Å². The van der Waals surface area contributed by atoms with Crippen LogP contribution in [0.15, 0.2) is 48.6 Å². The molecule has 2 aliphatic heterocycles. The first-order chi connectivity index (χ1) is 19.5. The van der Waals surface area contributed by atoms with Gasteiger partial charge in [0, 0.05) is 43.5 Å². The lowest BCUT2D eigenvalue weighted by Crippen LogP contribution is -2.46. The quantitative estimate of drug-likeness (QED) is 0.274. The SMILES string of the molecule is CN1C/C=C/CCCCN2C[C@@]3(CCCc4cc(Cl)ccc43)COc3ccc(cc32)[C@H](C(=O)OC(C)(C)C)CC1=O. The van der Waals surface area contributed by atoms with E-state index in [0.717, 1.165) is 73.6 Å². The van der Waals surface area contributed by atoms with E-state index in [4.69, 9.17) is 21.1 Å². The van der Waals surface area contributed by atoms with Crippen LogP contribution in [-0.2, 0) is 26.2 Å². The molecule has 2 bridgehead atoms. The van der Waals surface area contributed by atoms with Crippen molar-refractivity contribution in [3.8, 4) is 5.75 Å². The lowest BCUT2D eigenvalue weighted by molar-refractivity contribution is -0.158. The van der Waals surface area contributed by atoms with Gasteiger partial charge < -0.3 is 19.3 Å². The second-order valence-corrected chi connectivity index (χ2v) is 13.3. The maximum atomic E-state index is 13.5. The summed E-state index contributed by atoms with van der Waals surface area (Å²) in [6, 6.07) is 12.3. The van der Waals surface area contributed by atoms with Gasteiger partial charge in [-0.15, -0.1) is 0 Å². The number of carbonyl (C=O) groups excluding carboxylic acids is 2. The average molecular weight is 579 g/mol. The molecule has 0 saturated carbocycles. The average Bonchev–Trinajstić information content (AvgIpc) is 3.06. The summed E-state index contributed by atoms with van der Waals surface area (Å²) >= 11 is 6.40. The molecule has 1 spiro atoms. The van der Waals surface area contributed by atoms with E-state index in [0.29, 0.717) is 13.2 Å². The zero-order chi connectivity index (χ0) is 29.2. The van der Waals surface area contributed by atoms with Crippen molar-refractivity contribution in [2.75, 3.05) is 38.2 Å². The standard InChI is InChI=1S/C34H43ClN2O4/c1-33(2,3)41-32(39)27-21-31(38)36(4)17-8-6-5-7-9-18-37-22-34(23-40-30-15-12-24(27)20-29(30)37)16-10-11-25-19-26(35)13-14-28(25)34/h6,8,12-15,19-20,27H,5,7,9-11,16-18,21-23H2,1-4H3/b8-6+/t27-,34+/m1/s1. The summed E-state index contributed by atoms with van der Waals surface area (Å²) in [5.41, 5.74) is 3.61. The number of fused-ring (bicyclic) bond motifs is 3. The zero-order valence-corrected chi connectivity index (χ0v) is 25.6. The minimum atomic E-state index is -0.708. The molecule has 2 heterocycles. The maximum Gasteiger partial charge on any atom is 0.314 e. The number of aryl methyl sites for hydroxylation is 1. The second kappa shape index (κ2) is 12.1. The molecule has 7 heteroatoms. The number of esters is 1. The van der Waals surface area contributed by atoms with Crippen LogP contribution in [0.3, 0.4) is 0 Å². The molecule has 0 fully saturated rings. The molecule has 41 heavy (non-hydrogen) atoms. The number of rotatable bonds is 1. The van der Waals surface area contributed by atoms with Crippen molar-refractivity contribution in [2.45, 2.75) is 82.7 Å². The number of ether oxygens (including phenoxy) is 2. The predicted octanol–water partition coefficient (Wildman–Crippen LogP) is 6.83. The molecule has 0 saturated heterocycles. The third kappa shape index (κ3) is 6.74. The Morgan fingerprint density at radius 3 is 2.73 bits per heavy atom. The monoisotopic (exact) mass is 578 g/mol. The number of amides is 1. The van der Waals surface area contributed by atoms with Crippen LogP contribution in [0, 0.1) is 0 Å². The summed E-state index contributed by atoms with van der Waals surface area (Å²) in [6.45, 7) is 8.40. The van der Waals surface area contributed by atoms with Crippen molar-refractivity contribution in [1.82, 2.24) is 4.90 Å². The lowest BCUT2D eigenvalue weighted by Gasteiger charge is -2.41. The summed E-state index contributed by atoms with van der Waals surface area (Å²) < 4.78 is 12.4. The van der Waals surface area contributed by atoms with Crippen molar-refractivity contribution < 1.29 is 19.1 Å². The van der Waals surface area contributed by atoms with Crippen molar-refractivity contribution >= 4 is 29.2 Å². The number of halogens is 1. The van der Waals surface area contributed by atoms with Gasteiger partial charge >= 0.3 is 5.97 Å². The van der Waals surface area contributed by atoms with Crippen molar-refractivity contribution in [2.24, 2.45) is 0 Å². The van der Waals surface area contributed by atoms with Crippen LogP contribution in [-0.4, -0.2) is 55.7 Å². The highest BCUT2D eigenvalue weighted by Gasteiger charge is 2.42. The highest BCUT2D eigenvalue weighted by atomic mass is 35.5. The van der Waals surface area contributed by atoms with E-state index in [1.54, 1.807) is 11.9 Å². The highest BCUT2D eigenvalue weighted by Crippen LogP contribution is 2.45. The lowest BCUT2D eigenvalue weighted by atomic mass is 9.70. The Hall–Kier alpha value is -2.99. The van der Waals surface area contributed by atoms with Crippen LogP contribution in [0.2, 0.25) is 5.02 Å². The summed E-state index contributed by atoms with van der Waals surface area (Å²) in [4.78, 5) is 30.9. The fourth-order valence-corrected chi connectivity index (χ4v) is 6.64. The molecule has 3 aliphatic rings. The number of allylic oxidation sites excluding steroid dienone is 1. The van der Waals surface area contributed by atoms with Crippen molar-refractivity contribution in [1.29, 1.82) is 0 Å². The van der Waals surface area contributed by atoms with Gasteiger partial charge in [-0.25, -0.2) is 0 Å². The van der Waals surface area contributed by atoms with Crippen LogP contribution in [0.1, 0.15) is 81.9 Å².